The van der Waals surface area contributed by atoms with Crippen molar-refractivity contribution in [2.24, 2.45) is 0 Å². The molecule has 0 bridgehead atoms. The third-order valence-corrected chi connectivity index (χ3v) is 2.46. The van der Waals surface area contributed by atoms with Crippen molar-refractivity contribution in [1.29, 1.82) is 0 Å². The van der Waals surface area contributed by atoms with Crippen LogP contribution in [0.3, 0.4) is 0 Å². The first kappa shape index (κ1) is 17.4. The molecule has 0 saturated carbocycles. The first-order valence-electron chi connectivity index (χ1n) is 6.91. The third-order valence-electron chi connectivity index (χ3n) is 2.46. The highest BCUT2D eigenvalue weighted by Gasteiger charge is 1.83. The van der Waals surface area contributed by atoms with Crippen molar-refractivity contribution in [3.8, 4) is 0 Å². The minimum atomic E-state index is 1.11. The molecule has 0 aromatic heterocycles. The molecular weight excluding hydrogens is 180 g/mol. The standard InChI is InChI=1S/C8H17.C7H15/c1-3-5-7-8-6-4-2;1-3-5-7-6-4-2/h1,3-8H2,2H3;1,3-7H2,2H3. The molecule has 0 nitrogen and oxygen atoms in total. The summed E-state index contributed by atoms with van der Waals surface area (Å²) >= 11 is 0. The number of hydrogen-bond acceptors (Lipinski definition) is 0. The van der Waals surface area contributed by atoms with Crippen LogP contribution in [0.1, 0.15) is 84.5 Å². The van der Waals surface area contributed by atoms with Gasteiger partial charge in [0.25, 0.3) is 0 Å². The topological polar surface area (TPSA) is 0 Å². The summed E-state index contributed by atoms with van der Waals surface area (Å²) in [6.45, 7) is 12.0. The summed E-state index contributed by atoms with van der Waals surface area (Å²) in [6.07, 6.45) is 14.5. The van der Waals surface area contributed by atoms with Gasteiger partial charge in [-0.1, -0.05) is 98.3 Å². The zero-order valence-corrected chi connectivity index (χ0v) is 11.2. The summed E-state index contributed by atoms with van der Waals surface area (Å²) in [6, 6.07) is 0. The summed E-state index contributed by atoms with van der Waals surface area (Å²) in [5.74, 6) is 0. The summed E-state index contributed by atoms with van der Waals surface area (Å²) in [5, 5.41) is 0. The zero-order valence-electron chi connectivity index (χ0n) is 11.2. The minimum absolute atomic E-state index is 1.11. The van der Waals surface area contributed by atoms with E-state index >= 15 is 0 Å². The van der Waals surface area contributed by atoms with Crippen LogP contribution in [-0.4, -0.2) is 0 Å². The van der Waals surface area contributed by atoms with E-state index in [0.717, 1.165) is 12.8 Å². The van der Waals surface area contributed by atoms with Crippen LogP contribution in [0.5, 0.6) is 0 Å². The highest BCUT2D eigenvalue weighted by Crippen LogP contribution is 2.03. The molecule has 0 amide bonds. The molecule has 0 fully saturated rings. The van der Waals surface area contributed by atoms with Gasteiger partial charge >= 0.3 is 0 Å². The van der Waals surface area contributed by atoms with Gasteiger partial charge in [-0.2, -0.15) is 0 Å². The predicted octanol–water partition coefficient (Wildman–Crippen LogP) is 5.97. The van der Waals surface area contributed by atoms with E-state index in [4.69, 9.17) is 0 Å². The highest BCUT2D eigenvalue weighted by atomic mass is 13.9. The maximum atomic E-state index is 3.78. The fraction of sp³-hybridized carbons (Fsp3) is 0.867. The Morgan fingerprint density at radius 2 is 0.867 bits per heavy atom. The largest absolute Gasteiger partial charge is 0.0654 e. The van der Waals surface area contributed by atoms with Crippen LogP contribution in [0.2, 0.25) is 0 Å². The van der Waals surface area contributed by atoms with E-state index in [9.17, 15) is 0 Å². The van der Waals surface area contributed by atoms with Crippen LogP contribution in [0.25, 0.3) is 0 Å². The van der Waals surface area contributed by atoms with E-state index in [-0.39, 0.29) is 0 Å². The molecular formula is C15H32. The lowest BCUT2D eigenvalue weighted by Gasteiger charge is -1.93. The second kappa shape index (κ2) is 19.6. The highest BCUT2D eigenvalue weighted by molar-refractivity contribution is 4.43. The van der Waals surface area contributed by atoms with Gasteiger partial charge in [0.1, 0.15) is 0 Å². The Hall–Kier alpha value is 0. The molecule has 15 heavy (non-hydrogen) atoms. The molecule has 0 aromatic carbocycles. The zero-order chi connectivity index (χ0) is 11.8. The van der Waals surface area contributed by atoms with Crippen molar-refractivity contribution in [1.82, 2.24) is 0 Å². The lowest BCUT2D eigenvalue weighted by atomic mass is 10.1. The SMILES string of the molecule is [CH2]CCCCCC.[CH2]CCCCCCC. The molecule has 0 spiro atoms. The smallest absolute Gasteiger partial charge is 0.0533 e. The van der Waals surface area contributed by atoms with Gasteiger partial charge in [0.15, 0.2) is 0 Å². The molecule has 0 aromatic rings. The molecule has 0 aliphatic rings. The van der Waals surface area contributed by atoms with Gasteiger partial charge in [-0.25, -0.2) is 0 Å². The summed E-state index contributed by atoms with van der Waals surface area (Å²) < 4.78 is 0. The summed E-state index contributed by atoms with van der Waals surface area (Å²) in [5.41, 5.74) is 0. The minimum Gasteiger partial charge on any atom is -0.0654 e. The van der Waals surface area contributed by atoms with E-state index in [1.165, 1.54) is 57.8 Å². The molecule has 2 radical (unpaired) electrons. The lowest BCUT2D eigenvalue weighted by molar-refractivity contribution is 0.637. The molecule has 92 valence electrons. The Morgan fingerprint density at radius 1 is 0.533 bits per heavy atom. The molecule has 0 aliphatic heterocycles. The lowest BCUT2D eigenvalue weighted by Crippen LogP contribution is -1.74. The van der Waals surface area contributed by atoms with E-state index < -0.39 is 0 Å². The Morgan fingerprint density at radius 3 is 1.20 bits per heavy atom. The average Bonchev–Trinajstić information content (AvgIpc) is 2.26. The Kier molecular flexibility index (Phi) is 22.7. The van der Waals surface area contributed by atoms with Crippen molar-refractivity contribution in [3.05, 3.63) is 13.8 Å². The fourth-order valence-electron chi connectivity index (χ4n) is 1.38. The van der Waals surface area contributed by atoms with Gasteiger partial charge in [-0.05, 0) is 0 Å². The van der Waals surface area contributed by atoms with E-state index in [2.05, 4.69) is 27.7 Å². The van der Waals surface area contributed by atoms with Crippen molar-refractivity contribution in [3.63, 3.8) is 0 Å². The van der Waals surface area contributed by atoms with Gasteiger partial charge in [0.05, 0.1) is 0 Å². The van der Waals surface area contributed by atoms with E-state index in [0.29, 0.717) is 0 Å². The normalized spacial score (nSPS) is 9.60. The summed E-state index contributed by atoms with van der Waals surface area (Å²) in [7, 11) is 0. The van der Waals surface area contributed by atoms with Crippen molar-refractivity contribution >= 4 is 0 Å². The van der Waals surface area contributed by atoms with Gasteiger partial charge in [-0.15, -0.1) is 0 Å². The van der Waals surface area contributed by atoms with Crippen LogP contribution >= 0.6 is 0 Å². The van der Waals surface area contributed by atoms with Gasteiger partial charge in [0, 0.05) is 0 Å². The molecule has 0 heterocycles. The maximum absolute atomic E-state index is 3.78. The second-order valence-electron chi connectivity index (χ2n) is 4.18. The molecule has 0 rings (SSSR count). The maximum Gasteiger partial charge on any atom is -0.0533 e. The first-order valence-corrected chi connectivity index (χ1v) is 6.91. The fourth-order valence-corrected chi connectivity index (χ4v) is 1.38. The van der Waals surface area contributed by atoms with Gasteiger partial charge in [-0.3, -0.25) is 0 Å². The van der Waals surface area contributed by atoms with Crippen molar-refractivity contribution < 1.29 is 0 Å². The Labute approximate surface area is 98.9 Å². The van der Waals surface area contributed by atoms with Crippen LogP contribution < -0.4 is 0 Å². The van der Waals surface area contributed by atoms with Crippen LogP contribution in [0.4, 0.5) is 0 Å². The van der Waals surface area contributed by atoms with Crippen molar-refractivity contribution in [2.45, 2.75) is 84.5 Å². The van der Waals surface area contributed by atoms with Gasteiger partial charge < -0.3 is 0 Å². The molecule has 0 atom stereocenters. The van der Waals surface area contributed by atoms with E-state index in [1.807, 2.05) is 0 Å². The van der Waals surface area contributed by atoms with Crippen LogP contribution in [-0.2, 0) is 0 Å². The molecule has 0 aliphatic carbocycles. The Bertz CT molecular complexity index is 66.1. The van der Waals surface area contributed by atoms with Crippen LogP contribution in [0, 0.1) is 13.8 Å². The number of hydrogen-bond donors (Lipinski definition) is 0. The number of rotatable bonds is 9. The molecule has 0 N–H and O–H groups in total. The third kappa shape index (κ3) is 24.9. The van der Waals surface area contributed by atoms with Gasteiger partial charge in [0.2, 0.25) is 0 Å². The molecule has 0 saturated heterocycles. The average molecular weight is 212 g/mol. The van der Waals surface area contributed by atoms with Crippen molar-refractivity contribution in [2.75, 3.05) is 0 Å². The first-order chi connectivity index (χ1) is 7.33. The molecule has 0 unspecified atom stereocenters. The van der Waals surface area contributed by atoms with E-state index in [1.54, 1.807) is 0 Å². The predicted molar refractivity (Wildman–Crippen MR) is 72.8 cm³/mol. The second-order valence-corrected chi connectivity index (χ2v) is 4.18. The monoisotopic (exact) mass is 212 g/mol. The van der Waals surface area contributed by atoms with Crippen LogP contribution in [0.15, 0.2) is 0 Å². The quantitative estimate of drug-likeness (QED) is 0.413. The Balaban J connectivity index is 0. The number of unbranched alkanes of at least 4 members (excludes halogenated alkanes) is 9. The summed E-state index contributed by atoms with van der Waals surface area (Å²) in [4.78, 5) is 0. The molecule has 0 heteroatoms.